The molecule has 0 saturated heterocycles. The first-order valence-electron chi connectivity index (χ1n) is 4.28. The smallest absolute Gasteiger partial charge is 0.0568 e. The highest BCUT2D eigenvalue weighted by atomic mass is 32.2. The summed E-state index contributed by atoms with van der Waals surface area (Å²) in [5.41, 5.74) is 13.2. The van der Waals surface area contributed by atoms with Crippen molar-refractivity contribution in [2.24, 2.45) is 0 Å². The highest BCUT2D eigenvalue weighted by Gasteiger charge is 1.97. The zero-order valence-corrected chi connectivity index (χ0v) is 8.93. The Labute approximate surface area is 86.1 Å². The van der Waals surface area contributed by atoms with E-state index < -0.39 is 10.8 Å². The van der Waals surface area contributed by atoms with E-state index in [1.165, 1.54) is 0 Å². The van der Waals surface area contributed by atoms with Crippen molar-refractivity contribution in [1.82, 2.24) is 0 Å². The van der Waals surface area contributed by atoms with Crippen molar-refractivity contribution in [2.75, 3.05) is 35.3 Å². The quantitative estimate of drug-likeness (QED) is 0.641. The molecule has 1 rings (SSSR count). The first kappa shape index (κ1) is 10.8. The first-order valence-corrected chi connectivity index (χ1v) is 6.01. The number of hydrogen-bond donors (Lipinski definition) is 3. The number of nitrogens with one attached hydrogen (secondary N) is 1. The summed E-state index contributed by atoms with van der Waals surface area (Å²) in [6, 6.07) is 5.37. The molecule has 0 bridgehead atoms. The molecule has 0 aliphatic heterocycles. The Morgan fingerprint density at radius 2 is 2.07 bits per heavy atom. The van der Waals surface area contributed by atoms with Gasteiger partial charge >= 0.3 is 0 Å². The molecule has 78 valence electrons. The Kier molecular flexibility index (Phi) is 3.76. The van der Waals surface area contributed by atoms with E-state index in [4.69, 9.17) is 11.5 Å². The lowest BCUT2D eigenvalue weighted by molar-refractivity contribution is 0.687. The van der Waals surface area contributed by atoms with Crippen molar-refractivity contribution in [3.05, 3.63) is 18.2 Å². The van der Waals surface area contributed by atoms with Gasteiger partial charge in [0.2, 0.25) is 0 Å². The molecule has 5 N–H and O–H groups in total. The van der Waals surface area contributed by atoms with Crippen LogP contribution in [0.25, 0.3) is 0 Å². The van der Waals surface area contributed by atoms with Crippen molar-refractivity contribution in [2.45, 2.75) is 0 Å². The molecule has 0 aromatic heterocycles. The number of nitrogens with two attached hydrogens (primary N) is 2. The number of nitrogen functional groups attached to an aromatic ring is 2. The fraction of sp³-hybridized carbons (Fsp3) is 0.333. The van der Waals surface area contributed by atoms with E-state index in [9.17, 15) is 4.21 Å². The molecule has 0 fully saturated rings. The highest BCUT2D eigenvalue weighted by molar-refractivity contribution is 7.84. The minimum atomic E-state index is -0.767. The van der Waals surface area contributed by atoms with Crippen LogP contribution >= 0.6 is 0 Å². The van der Waals surface area contributed by atoms with E-state index in [0.717, 1.165) is 5.69 Å². The summed E-state index contributed by atoms with van der Waals surface area (Å²) in [7, 11) is -0.767. The molecule has 14 heavy (non-hydrogen) atoms. The average molecular weight is 213 g/mol. The maximum absolute atomic E-state index is 10.8. The van der Waals surface area contributed by atoms with Crippen LogP contribution in [0.3, 0.4) is 0 Å². The average Bonchev–Trinajstić information content (AvgIpc) is 2.10. The lowest BCUT2D eigenvalue weighted by Gasteiger charge is -2.07. The third kappa shape index (κ3) is 3.26. The van der Waals surface area contributed by atoms with Crippen LogP contribution in [0.4, 0.5) is 17.1 Å². The third-order valence-corrected chi connectivity index (χ3v) is 2.58. The van der Waals surface area contributed by atoms with Gasteiger partial charge in [-0.05, 0) is 18.2 Å². The Morgan fingerprint density at radius 1 is 1.36 bits per heavy atom. The lowest BCUT2D eigenvalue weighted by Crippen LogP contribution is -2.10. The van der Waals surface area contributed by atoms with Gasteiger partial charge in [-0.1, -0.05) is 0 Å². The SMILES string of the molecule is CS(=O)CCNc1ccc(N)c(N)c1. The molecular weight excluding hydrogens is 198 g/mol. The molecule has 1 aromatic carbocycles. The van der Waals surface area contributed by atoms with E-state index >= 15 is 0 Å². The predicted octanol–water partition coefficient (Wildman–Crippen LogP) is 0.641. The second kappa shape index (κ2) is 4.85. The van der Waals surface area contributed by atoms with Gasteiger partial charge in [-0.15, -0.1) is 0 Å². The summed E-state index contributed by atoms with van der Waals surface area (Å²) in [5, 5.41) is 3.12. The van der Waals surface area contributed by atoms with Crippen LogP contribution < -0.4 is 16.8 Å². The standard InChI is InChI=1S/C9H15N3OS/c1-14(13)5-4-12-7-2-3-8(10)9(11)6-7/h2-3,6,12H,4-5,10-11H2,1H3. The zero-order valence-electron chi connectivity index (χ0n) is 8.12. The fourth-order valence-corrected chi connectivity index (χ4v) is 1.41. The molecular formula is C9H15N3OS. The van der Waals surface area contributed by atoms with Crippen LogP contribution in [0.15, 0.2) is 18.2 Å². The van der Waals surface area contributed by atoms with E-state index in [-0.39, 0.29) is 0 Å². The predicted molar refractivity (Wildman–Crippen MR) is 62.7 cm³/mol. The summed E-state index contributed by atoms with van der Waals surface area (Å²) in [5.74, 6) is 0.629. The van der Waals surface area contributed by atoms with Crippen molar-refractivity contribution < 1.29 is 4.21 Å². The maximum Gasteiger partial charge on any atom is 0.0568 e. The monoisotopic (exact) mass is 213 g/mol. The Morgan fingerprint density at radius 3 is 2.64 bits per heavy atom. The molecule has 0 amide bonds. The molecule has 1 unspecified atom stereocenters. The molecule has 0 aliphatic carbocycles. The molecule has 0 aliphatic rings. The molecule has 5 heteroatoms. The van der Waals surface area contributed by atoms with E-state index in [1.54, 1.807) is 18.4 Å². The van der Waals surface area contributed by atoms with Gasteiger partial charge in [-0.25, -0.2) is 0 Å². The number of rotatable bonds is 4. The maximum atomic E-state index is 10.8. The molecule has 0 radical (unpaired) electrons. The summed E-state index contributed by atoms with van der Waals surface area (Å²) in [4.78, 5) is 0. The normalized spacial score (nSPS) is 12.4. The highest BCUT2D eigenvalue weighted by Crippen LogP contribution is 2.19. The Hall–Kier alpha value is -1.23. The molecule has 4 nitrogen and oxygen atoms in total. The topological polar surface area (TPSA) is 81.1 Å². The van der Waals surface area contributed by atoms with Gasteiger partial charge in [0.25, 0.3) is 0 Å². The van der Waals surface area contributed by atoms with Crippen LogP contribution in [0.1, 0.15) is 0 Å². The molecule has 1 aromatic rings. The summed E-state index contributed by atoms with van der Waals surface area (Å²) in [6.45, 7) is 0.673. The van der Waals surface area contributed by atoms with Gasteiger partial charge in [0.15, 0.2) is 0 Å². The summed E-state index contributed by atoms with van der Waals surface area (Å²) < 4.78 is 10.8. The minimum absolute atomic E-state index is 0.563. The van der Waals surface area contributed by atoms with E-state index in [1.807, 2.05) is 6.07 Å². The van der Waals surface area contributed by atoms with Crippen LogP contribution in [-0.4, -0.2) is 22.8 Å². The van der Waals surface area contributed by atoms with Crippen LogP contribution in [0, 0.1) is 0 Å². The number of hydrogen-bond acceptors (Lipinski definition) is 4. The second-order valence-corrected chi connectivity index (χ2v) is 4.60. The first-order chi connectivity index (χ1) is 6.59. The number of anilines is 3. The molecule has 1 atom stereocenters. The lowest BCUT2D eigenvalue weighted by atomic mass is 10.2. The van der Waals surface area contributed by atoms with E-state index in [2.05, 4.69) is 5.32 Å². The summed E-state index contributed by atoms with van der Waals surface area (Å²) in [6.07, 6.45) is 1.68. The molecule has 0 spiro atoms. The van der Waals surface area contributed by atoms with Gasteiger partial charge in [0.1, 0.15) is 0 Å². The van der Waals surface area contributed by atoms with Gasteiger partial charge in [-0.2, -0.15) is 0 Å². The van der Waals surface area contributed by atoms with Crippen molar-refractivity contribution >= 4 is 27.9 Å². The van der Waals surface area contributed by atoms with Gasteiger partial charge in [-0.3, -0.25) is 4.21 Å². The number of benzene rings is 1. The van der Waals surface area contributed by atoms with Crippen LogP contribution in [-0.2, 0) is 10.8 Å². The van der Waals surface area contributed by atoms with Gasteiger partial charge < -0.3 is 16.8 Å². The second-order valence-electron chi connectivity index (χ2n) is 3.05. The molecule has 0 saturated carbocycles. The largest absolute Gasteiger partial charge is 0.397 e. The van der Waals surface area contributed by atoms with Crippen molar-refractivity contribution in [3.8, 4) is 0 Å². The Bertz CT molecular complexity index is 341. The fourth-order valence-electron chi connectivity index (χ4n) is 1.02. The van der Waals surface area contributed by atoms with Gasteiger partial charge in [0, 0.05) is 35.0 Å². The molecule has 0 heterocycles. The Balaban J connectivity index is 2.51. The third-order valence-electron chi connectivity index (χ3n) is 1.81. The minimum Gasteiger partial charge on any atom is -0.397 e. The van der Waals surface area contributed by atoms with Gasteiger partial charge in [0.05, 0.1) is 11.4 Å². The van der Waals surface area contributed by atoms with Crippen LogP contribution in [0.2, 0.25) is 0 Å². The van der Waals surface area contributed by atoms with E-state index in [0.29, 0.717) is 23.7 Å². The van der Waals surface area contributed by atoms with Crippen molar-refractivity contribution in [3.63, 3.8) is 0 Å². The van der Waals surface area contributed by atoms with Crippen LogP contribution in [0.5, 0.6) is 0 Å². The van der Waals surface area contributed by atoms with Crippen molar-refractivity contribution in [1.29, 1.82) is 0 Å². The zero-order chi connectivity index (χ0) is 10.6. The summed E-state index contributed by atoms with van der Waals surface area (Å²) >= 11 is 0.